The van der Waals surface area contributed by atoms with Gasteiger partial charge in [-0.1, -0.05) is 6.08 Å². The van der Waals surface area contributed by atoms with Crippen LogP contribution in [0, 0.1) is 10.1 Å². The summed E-state index contributed by atoms with van der Waals surface area (Å²) in [5.74, 6) is 0.789. The molecule has 1 aliphatic carbocycles. The van der Waals surface area contributed by atoms with Crippen molar-refractivity contribution in [2.75, 3.05) is 32.2 Å². The van der Waals surface area contributed by atoms with Crippen LogP contribution in [0.25, 0.3) is 0 Å². The highest BCUT2D eigenvalue weighted by atomic mass is 79.9. The molecule has 5 rings (SSSR count). The van der Waals surface area contributed by atoms with Crippen molar-refractivity contribution in [3.63, 3.8) is 0 Å². The maximum atomic E-state index is 13.2. The van der Waals surface area contributed by atoms with Gasteiger partial charge in [-0.25, -0.2) is 9.59 Å². The number of allylic oxidation sites excluding steroid dienone is 1. The maximum Gasteiger partial charge on any atom is 0.414 e. The molecule has 2 aromatic carbocycles. The molecule has 0 saturated heterocycles. The Morgan fingerprint density at radius 2 is 2.07 bits per heavy atom. The summed E-state index contributed by atoms with van der Waals surface area (Å²) in [7, 11) is 1.64. The van der Waals surface area contributed by atoms with Gasteiger partial charge in [-0.3, -0.25) is 15.5 Å². The third kappa shape index (κ3) is 5.64. The van der Waals surface area contributed by atoms with Crippen molar-refractivity contribution in [2.45, 2.75) is 50.8 Å². The van der Waals surface area contributed by atoms with Gasteiger partial charge in [0.05, 0.1) is 34.4 Å². The summed E-state index contributed by atoms with van der Waals surface area (Å²) < 4.78 is 12.8. The van der Waals surface area contributed by atoms with Crippen LogP contribution >= 0.6 is 15.9 Å². The van der Waals surface area contributed by atoms with E-state index < -0.39 is 28.6 Å². The number of ether oxygens (including phenoxy) is 2. The van der Waals surface area contributed by atoms with E-state index in [4.69, 9.17) is 9.47 Å². The molecule has 3 amide bonds. The van der Waals surface area contributed by atoms with Crippen molar-refractivity contribution in [3.8, 4) is 11.5 Å². The van der Waals surface area contributed by atoms with Crippen molar-refractivity contribution in [3.05, 3.63) is 68.2 Å². The fraction of sp³-hybridized carbons (Fsp3) is 0.414. The Bertz CT molecular complexity index is 1500. The van der Waals surface area contributed by atoms with Crippen molar-refractivity contribution >= 4 is 45.1 Å². The van der Waals surface area contributed by atoms with Gasteiger partial charge in [0.25, 0.3) is 5.69 Å². The molecule has 43 heavy (non-hydrogen) atoms. The van der Waals surface area contributed by atoms with Gasteiger partial charge in [-0.05, 0) is 66.0 Å². The molecule has 3 N–H and O–H groups in total. The number of nitro benzene ring substituents is 1. The molecular weight excluding hydrogens is 624 g/mol. The molecule has 0 fully saturated rings. The fourth-order valence-electron chi connectivity index (χ4n) is 5.75. The van der Waals surface area contributed by atoms with Gasteiger partial charge in [0.2, 0.25) is 0 Å². The molecule has 0 saturated carbocycles. The number of benzene rings is 2. The normalized spacial score (nSPS) is 22.6. The number of nitro groups is 1. The molecule has 2 aromatic rings. The number of aliphatic hydroxyl groups excluding tert-OH is 1. The van der Waals surface area contributed by atoms with Crippen LogP contribution in [0.4, 0.5) is 21.0 Å². The first kappa shape index (κ1) is 30.3. The van der Waals surface area contributed by atoms with E-state index in [1.165, 1.54) is 17.0 Å². The zero-order chi connectivity index (χ0) is 30.9. The van der Waals surface area contributed by atoms with E-state index in [2.05, 4.69) is 31.8 Å². The first-order valence-electron chi connectivity index (χ1n) is 14.0. The Morgan fingerprint density at radius 1 is 1.33 bits per heavy atom. The number of rotatable bonds is 7. The monoisotopic (exact) mass is 656 g/mol. The lowest BCUT2D eigenvalue weighted by molar-refractivity contribution is -0.384. The van der Waals surface area contributed by atoms with Gasteiger partial charge >= 0.3 is 12.1 Å². The number of aliphatic hydroxyl groups is 1. The predicted molar refractivity (Wildman–Crippen MR) is 163 cm³/mol. The van der Waals surface area contributed by atoms with Gasteiger partial charge < -0.3 is 29.7 Å². The Hall–Kier alpha value is -4.17. The fourth-order valence-corrected chi connectivity index (χ4v) is 6.24. The van der Waals surface area contributed by atoms with Gasteiger partial charge in [-0.2, -0.15) is 5.10 Å². The number of anilines is 1. The average Bonchev–Trinajstić information content (AvgIpc) is 3.26. The number of hydrogen-bond donors (Lipinski definition) is 3. The lowest BCUT2D eigenvalue weighted by atomic mass is 9.68. The first-order valence-corrected chi connectivity index (χ1v) is 14.8. The van der Waals surface area contributed by atoms with Gasteiger partial charge in [-0.15, -0.1) is 0 Å². The van der Waals surface area contributed by atoms with Crippen LogP contribution in [0.15, 0.2) is 52.1 Å². The highest BCUT2D eigenvalue weighted by Gasteiger charge is 2.55. The second-order valence-electron chi connectivity index (χ2n) is 10.6. The Kier molecular flexibility index (Phi) is 8.60. The molecule has 2 aliphatic heterocycles. The summed E-state index contributed by atoms with van der Waals surface area (Å²) in [4.78, 5) is 39.4. The summed E-state index contributed by atoms with van der Waals surface area (Å²) >= 11 is 3.62. The van der Waals surface area contributed by atoms with Crippen LogP contribution < -0.4 is 20.2 Å². The second kappa shape index (κ2) is 12.2. The summed E-state index contributed by atoms with van der Waals surface area (Å²) in [5.41, 5.74) is 5.12. The Morgan fingerprint density at radius 3 is 2.72 bits per heavy atom. The van der Waals surface area contributed by atoms with E-state index in [1.807, 2.05) is 26.0 Å². The van der Waals surface area contributed by atoms with E-state index in [0.717, 1.165) is 11.1 Å². The quantitative estimate of drug-likeness (QED) is 0.290. The molecular formula is C29H33BrN6O7. The molecule has 0 unspecified atom stereocenters. The standard InChI is InChI=1S/C29H33BrN6O7/c1-4-31-27(38)35-15-17-12-22(42-28(39)34(3)5-2)25(30)26-24(17)29(14-21(35)16-37)11-10-19(13-23(29)43-26)33-32-18-6-8-20(9-7-18)36(40)41/h6-12,21,23,32,37H,4-5,13-16H2,1-3H3,(H,31,38)/b33-19+/t21-,23+,29+/m0/s1. The van der Waals surface area contributed by atoms with Crippen LogP contribution in [0.5, 0.6) is 11.5 Å². The SMILES string of the molecule is CCNC(=O)N1Cc2cc(OC(=O)N(C)CC)c(Br)c3c2[C@]2(C=C/C(=N\Nc4ccc([N+](=O)[O-])cc4)C[C@H]2O3)C[C@H]1CO. The molecule has 228 valence electrons. The molecule has 3 atom stereocenters. The van der Waals surface area contributed by atoms with Crippen molar-refractivity contribution in [1.82, 2.24) is 15.1 Å². The van der Waals surface area contributed by atoms with Gasteiger partial charge in [0.1, 0.15) is 16.3 Å². The van der Waals surface area contributed by atoms with Crippen LogP contribution in [0.1, 0.15) is 37.8 Å². The number of carbonyl (C=O) groups is 2. The molecule has 13 nitrogen and oxygen atoms in total. The maximum absolute atomic E-state index is 13.2. The molecule has 1 spiro atoms. The Balaban J connectivity index is 1.54. The predicted octanol–water partition coefficient (Wildman–Crippen LogP) is 4.53. The molecule has 3 aliphatic rings. The summed E-state index contributed by atoms with van der Waals surface area (Å²) in [5, 5.41) is 28.8. The van der Waals surface area contributed by atoms with Gasteiger partial charge in [0.15, 0.2) is 5.75 Å². The third-order valence-corrected chi connectivity index (χ3v) is 8.83. The van der Waals surface area contributed by atoms with E-state index in [9.17, 15) is 24.8 Å². The van der Waals surface area contributed by atoms with Crippen LogP contribution in [-0.2, 0) is 12.0 Å². The summed E-state index contributed by atoms with van der Waals surface area (Å²) in [6.07, 6.45) is 3.73. The number of nitrogens with one attached hydrogen (secondary N) is 2. The van der Waals surface area contributed by atoms with Crippen LogP contribution in [0.2, 0.25) is 0 Å². The minimum Gasteiger partial charge on any atom is -0.487 e. The molecule has 14 heteroatoms. The zero-order valence-corrected chi connectivity index (χ0v) is 25.6. The van der Waals surface area contributed by atoms with E-state index >= 15 is 0 Å². The van der Waals surface area contributed by atoms with Gasteiger partial charge in [0, 0.05) is 50.8 Å². The third-order valence-electron chi connectivity index (χ3n) is 8.08. The average molecular weight is 658 g/mol. The lowest BCUT2D eigenvalue weighted by Gasteiger charge is -2.37. The zero-order valence-electron chi connectivity index (χ0n) is 24.0. The number of halogens is 1. The number of hydrazone groups is 1. The summed E-state index contributed by atoms with van der Waals surface area (Å²) in [6, 6.07) is 6.89. The largest absolute Gasteiger partial charge is 0.487 e. The molecule has 0 bridgehead atoms. The number of amides is 3. The molecule has 2 heterocycles. The summed E-state index contributed by atoms with van der Waals surface area (Å²) in [6.45, 7) is 4.48. The number of urea groups is 1. The minimum atomic E-state index is -0.697. The topological polar surface area (TPSA) is 159 Å². The number of non-ortho nitro benzene ring substituents is 1. The lowest BCUT2D eigenvalue weighted by Crippen LogP contribution is -2.50. The number of nitrogens with zero attached hydrogens (tertiary/aromatic N) is 4. The molecule has 0 radical (unpaired) electrons. The van der Waals surface area contributed by atoms with Crippen molar-refractivity contribution in [1.29, 1.82) is 0 Å². The highest BCUT2D eigenvalue weighted by molar-refractivity contribution is 9.10. The van der Waals surface area contributed by atoms with Crippen LogP contribution in [0.3, 0.4) is 0 Å². The minimum absolute atomic E-state index is 0.0175. The van der Waals surface area contributed by atoms with E-state index in [0.29, 0.717) is 47.6 Å². The smallest absolute Gasteiger partial charge is 0.414 e. The highest BCUT2D eigenvalue weighted by Crippen LogP contribution is 2.57. The molecule has 0 aromatic heterocycles. The first-order chi connectivity index (χ1) is 20.6. The number of carbonyl (C=O) groups excluding carboxylic acids is 2. The van der Waals surface area contributed by atoms with Crippen LogP contribution in [-0.4, -0.2) is 76.6 Å². The number of hydrogen-bond acceptors (Lipinski definition) is 9. The van der Waals surface area contributed by atoms with E-state index in [1.54, 1.807) is 30.1 Å². The van der Waals surface area contributed by atoms with Crippen molar-refractivity contribution in [2.24, 2.45) is 5.10 Å². The second-order valence-corrected chi connectivity index (χ2v) is 11.4. The van der Waals surface area contributed by atoms with Crippen molar-refractivity contribution < 1.29 is 29.1 Å². The van der Waals surface area contributed by atoms with E-state index in [-0.39, 0.29) is 30.6 Å². The Labute approximate surface area is 256 Å².